The van der Waals surface area contributed by atoms with Crippen LogP contribution in [-0.4, -0.2) is 6.10 Å². The number of nitriles is 1. The number of alkyl halides is 3. The highest BCUT2D eigenvalue weighted by atomic mass is 19.4. The van der Waals surface area contributed by atoms with E-state index < -0.39 is 11.7 Å². The van der Waals surface area contributed by atoms with Gasteiger partial charge in [0.2, 0.25) is 0 Å². The van der Waals surface area contributed by atoms with Gasteiger partial charge in [-0.3, -0.25) is 0 Å². The maximum Gasteiger partial charge on any atom is 0.416 e. The zero-order chi connectivity index (χ0) is 16.0. The molecule has 1 aromatic rings. The summed E-state index contributed by atoms with van der Waals surface area (Å²) in [5.74, 6) is 0.436. The highest BCUT2D eigenvalue weighted by Crippen LogP contribution is 2.30. The summed E-state index contributed by atoms with van der Waals surface area (Å²) in [5.41, 5.74) is 0.112. The van der Waals surface area contributed by atoms with Gasteiger partial charge in [0.05, 0.1) is 24.3 Å². The van der Waals surface area contributed by atoms with Gasteiger partial charge in [0, 0.05) is 6.08 Å². The van der Waals surface area contributed by atoms with Crippen molar-refractivity contribution in [3.8, 4) is 6.07 Å². The van der Waals surface area contributed by atoms with E-state index >= 15 is 0 Å². The van der Waals surface area contributed by atoms with Gasteiger partial charge in [0.15, 0.2) is 0 Å². The highest BCUT2D eigenvalue weighted by molar-refractivity contribution is 5.24. The number of benzene rings is 1. The molecule has 0 N–H and O–H groups in total. The average Bonchev–Trinajstić information content (AvgIpc) is 2.51. The molecule has 0 bridgehead atoms. The van der Waals surface area contributed by atoms with Crippen LogP contribution >= 0.6 is 0 Å². The number of hydrogen-bond acceptors (Lipinski definition) is 2. The van der Waals surface area contributed by atoms with Crippen LogP contribution in [0, 0.1) is 17.2 Å². The lowest BCUT2D eigenvalue weighted by Crippen LogP contribution is -2.20. The molecule has 118 valence electrons. The van der Waals surface area contributed by atoms with E-state index in [1.54, 1.807) is 0 Å². The third-order valence-electron chi connectivity index (χ3n) is 3.93. The Morgan fingerprint density at radius 1 is 1.14 bits per heavy atom. The number of halogens is 3. The van der Waals surface area contributed by atoms with Crippen molar-refractivity contribution in [3.05, 3.63) is 47.5 Å². The molecule has 1 aliphatic carbocycles. The second kappa shape index (κ2) is 7.46. The Labute approximate surface area is 128 Å². The number of ether oxygens (including phenoxy) is 1. The van der Waals surface area contributed by atoms with Gasteiger partial charge in [-0.1, -0.05) is 18.2 Å². The Morgan fingerprint density at radius 2 is 1.77 bits per heavy atom. The Kier molecular flexibility index (Phi) is 5.62. The second-order valence-corrected chi connectivity index (χ2v) is 5.53. The van der Waals surface area contributed by atoms with Crippen LogP contribution in [0.1, 0.15) is 36.8 Å². The van der Waals surface area contributed by atoms with Gasteiger partial charge in [-0.2, -0.15) is 18.4 Å². The molecule has 0 amide bonds. The lowest BCUT2D eigenvalue weighted by Gasteiger charge is -2.26. The van der Waals surface area contributed by atoms with Crippen LogP contribution in [0.5, 0.6) is 0 Å². The summed E-state index contributed by atoms with van der Waals surface area (Å²) in [6, 6.07) is 7.09. The van der Waals surface area contributed by atoms with Crippen molar-refractivity contribution in [2.45, 2.75) is 44.6 Å². The van der Waals surface area contributed by atoms with Gasteiger partial charge in [0.1, 0.15) is 0 Å². The molecule has 1 saturated carbocycles. The molecule has 22 heavy (non-hydrogen) atoms. The first-order valence-corrected chi connectivity index (χ1v) is 7.33. The first kappa shape index (κ1) is 16.6. The molecule has 1 aliphatic rings. The quantitative estimate of drug-likeness (QED) is 0.744. The minimum atomic E-state index is -4.30. The Bertz CT molecular complexity index is 535. The molecular weight excluding hydrogens is 291 g/mol. The molecule has 0 aromatic heterocycles. The van der Waals surface area contributed by atoms with E-state index in [-0.39, 0.29) is 6.10 Å². The van der Waals surface area contributed by atoms with Crippen molar-refractivity contribution >= 4 is 0 Å². The van der Waals surface area contributed by atoms with Crippen molar-refractivity contribution in [3.63, 3.8) is 0 Å². The summed E-state index contributed by atoms with van der Waals surface area (Å²) in [6.07, 6.45) is 3.11. The van der Waals surface area contributed by atoms with Crippen LogP contribution in [-0.2, 0) is 17.5 Å². The predicted molar refractivity (Wildman–Crippen MR) is 76.7 cm³/mol. The maximum absolute atomic E-state index is 12.5. The molecular formula is C17H18F3NO. The van der Waals surface area contributed by atoms with Gasteiger partial charge in [0.25, 0.3) is 0 Å². The summed E-state index contributed by atoms with van der Waals surface area (Å²) in [4.78, 5) is 0. The summed E-state index contributed by atoms with van der Waals surface area (Å²) in [7, 11) is 0. The summed E-state index contributed by atoms with van der Waals surface area (Å²) < 4.78 is 43.2. The van der Waals surface area contributed by atoms with Gasteiger partial charge < -0.3 is 4.74 Å². The molecule has 0 spiro atoms. The van der Waals surface area contributed by atoms with E-state index in [2.05, 4.69) is 0 Å². The van der Waals surface area contributed by atoms with E-state index in [9.17, 15) is 13.2 Å². The number of hydrogen-bond donors (Lipinski definition) is 0. The van der Waals surface area contributed by atoms with E-state index in [1.807, 2.05) is 12.1 Å². The molecule has 2 rings (SSSR count). The van der Waals surface area contributed by atoms with Gasteiger partial charge in [-0.25, -0.2) is 0 Å². The molecule has 0 atom stereocenters. The van der Waals surface area contributed by atoms with Crippen LogP contribution in [0.4, 0.5) is 13.2 Å². The molecule has 2 nitrogen and oxygen atoms in total. The minimum absolute atomic E-state index is 0.147. The fraction of sp³-hybridized carbons (Fsp3) is 0.471. The van der Waals surface area contributed by atoms with Crippen molar-refractivity contribution in [2.75, 3.05) is 0 Å². The normalized spacial score (nSPS) is 22.6. The Morgan fingerprint density at radius 3 is 2.32 bits per heavy atom. The topological polar surface area (TPSA) is 33.0 Å². The van der Waals surface area contributed by atoms with E-state index in [4.69, 9.17) is 10.00 Å². The third kappa shape index (κ3) is 4.88. The van der Waals surface area contributed by atoms with Crippen molar-refractivity contribution in [1.82, 2.24) is 0 Å². The van der Waals surface area contributed by atoms with Crippen LogP contribution < -0.4 is 0 Å². The summed E-state index contributed by atoms with van der Waals surface area (Å²) >= 11 is 0. The van der Waals surface area contributed by atoms with E-state index in [0.29, 0.717) is 12.5 Å². The lowest BCUT2D eigenvalue weighted by atomic mass is 9.87. The Balaban J connectivity index is 1.77. The highest BCUT2D eigenvalue weighted by Gasteiger charge is 2.30. The van der Waals surface area contributed by atoms with Crippen LogP contribution in [0.2, 0.25) is 0 Å². The number of nitrogens with zero attached hydrogens (tertiary/aromatic N) is 1. The van der Waals surface area contributed by atoms with E-state index in [1.165, 1.54) is 18.2 Å². The van der Waals surface area contributed by atoms with Crippen molar-refractivity contribution in [1.29, 1.82) is 5.26 Å². The largest absolute Gasteiger partial charge is 0.416 e. The molecule has 0 aliphatic heterocycles. The molecule has 0 radical (unpaired) electrons. The van der Waals surface area contributed by atoms with Gasteiger partial charge in [-0.15, -0.1) is 0 Å². The lowest BCUT2D eigenvalue weighted by molar-refractivity contribution is -0.137. The molecule has 0 unspecified atom stereocenters. The zero-order valence-corrected chi connectivity index (χ0v) is 12.1. The van der Waals surface area contributed by atoms with Gasteiger partial charge >= 0.3 is 6.18 Å². The molecule has 1 aromatic carbocycles. The Hall–Kier alpha value is -1.80. The first-order valence-electron chi connectivity index (χ1n) is 7.33. The van der Waals surface area contributed by atoms with Crippen LogP contribution in [0.3, 0.4) is 0 Å². The molecule has 0 heterocycles. The van der Waals surface area contributed by atoms with Crippen molar-refractivity contribution in [2.24, 2.45) is 5.92 Å². The SMILES string of the molecule is N#CC=C[C@H]1CC[C@H](OCc2ccc(C(F)(F)F)cc2)CC1. The second-order valence-electron chi connectivity index (χ2n) is 5.53. The predicted octanol–water partition coefficient (Wildman–Crippen LogP) is 4.86. The molecule has 0 saturated heterocycles. The van der Waals surface area contributed by atoms with Crippen LogP contribution in [0.15, 0.2) is 36.4 Å². The standard InChI is InChI=1S/C17H18F3NO/c18-17(19,20)15-7-3-14(4-8-15)12-22-16-9-5-13(6-10-16)2-1-11-21/h1-4,7-8,13,16H,5-6,9-10,12H2/t13-,16-. The smallest absolute Gasteiger partial charge is 0.374 e. The van der Waals surface area contributed by atoms with Crippen molar-refractivity contribution < 1.29 is 17.9 Å². The fourth-order valence-corrected chi connectivity index (χ4v) is 2.63. The average molecular weight is 309 g/mol. The number of rotatable bonds is 4. The summed E-state index contributed by atoms with van der Waals surface area (Å²) in [5, 5.41) is 8.50. The molecule has 5 heteroatoms. The van der Waals surface area contributed by atoms with Gasteiger partial charge in [-0.05, 0) is 49.3 Å². The summed E-state index contributed by atoms with van der Waals surface area (Å²) in [6.45, 7) is 0.335. The molecule has 1 fully saturated rings. The fourth-order valence-electron chi connectivity index (χ4n) is 2.63. The minimum Gasteiger partial charge on any atom is -0.374 e. The monoisotopic (exact) mass is 309 g/mol. The van der Waals surface area contributed by atoms with E-state index in [0.717, 1.165) is 43.4 Å². The van der Waals surface area contributed by atoms with Crippen LogP contribution in [0.25, 0.3) is 0 Å². The third-order valence-corrected chi connectivity index (χ3v) is 3.93. The first-order chi connectivity index (χ1) is 10.5. The maximum atomic E-state index is 12.5. The number of allylic oxidation sites excluding steroid dienone is 2. The zero-order valence-electron chi connectivity index (χ0n) is 12.1.